The predicted octanol–water partition coefficient (Wildman–Crippen LogP) is 1.80. The molecule has 1 aromatic heterocycles. The van der Waals surface area contributed by atoms with Crippen molar-refractivity contribution in [2.24, 2.45) is 0 Å². The van der Waals surface area contributed by atoms with Crippen LogP contribution in [-0.4, -0.2) is 20.4 Å². The van der Waals surface area contributed by atoms with Gasteiger partial charge in [0.25, 0.3) is 10.0 Å². The molecule has 0 bridgehead atoms. The lowest BCUT2D eigenvalue weighted by atomic mass is 10.2. The van der Waals surface area contributed by atoms with Gasteiger partial charge < -0.3 is 5.73 Å². The monoisotopic (exact) mass is 277 g/mol. The number of pyridine rings is 1. The molecule has 0 amide bonds. The van der Waals surface area contributed by atoms with Gasteiger partial charge in [-0.3, -0.25) is 9.29 Å². The molecule has 0 aliphatic rings. The maximum atomic E-state index is 12.5. The first kappa shape index (κ1) is 13.4. The van der Waals surface area contributed by atoms with Crippen molar-refractivity contribution in [3.63, 3.8) is 0 Å². The highest BCUT2D eigenvalue weighted by atomic mass is 32.2. The van der Waals surface area contributed by atoms with E-state index in [1.807, 2.05) is 0 Å². The highest BCUT2D eigenvalue weighted by Gasteiger charge is 2.21. The van der Waals surface area contributed by atoms with Gasteiger partial charge in [-0.15, -0.1) is 0 Å². The average molecular weight is 277 g/mol. The van der Waals surface area contributed by atoms with Gasteiger partial charge in [0.1, 0.15) is 0 Å². The minimum absolute atomic E-state index is 0.177. The summed E-state index contributed by atoms with van der Waals surface area (Å²) in [6.45, 7) is 1.81. The third-order valence-electron chi connectivity index (χ3n) is 2.74. The van der Waals surface area contributed by atoms with Crippen molar-refractivity contribution in [2.75, 3.05) is 17.1 Å². The van der Waals surface area contributed by atoms with Gasteiger partial charge in [-0.25, -0.2) is 8.42 Å². The fraction of sp³-hybridized carbons (Fsp3) is 0.154. The first-order valence-electron chi connectivity index (χ1n) is 5.67. The predicted molar refractivity (Wildman–Crippen MR) is 75.4 cm³/mol. The second-order valence-corrected chi connectivity index (χ2v) is 6.23. The number of hydrogen-bond acceptors (Lipinski definition) is 4. The van der Waals surface area contributed by atoms with E-state index in [4.69, 9.17) is 5.73 Å². The van der Waals surface area contributed by atoms with Gasteiger partial charge in [-0.05, 0) is 42.8 Å². The van der Waals surface area contributed by atoms with Crippen molar-refractivity contribution in [1.29, 1.82) is 0 Å². The fourth-order valence-electron chi connectivity index (χ4n) is 1.76. The maximum Gasteiger partial charge on any atom is 0.264 e. The number of aryl methyl sites for hydroxylation is 1. The minimum atomic E-state index is -3.62. The van der Waals surface area contributed by atoms with E-state index in [9.17, 15) is 8.42 Å². The normalized spacial score (nSPS) is 11.3. The van der Waals surface area contributed by atoms with Crippen LogP contribution < -0.4 is 10.0 Å². The molecule has 1 heterocycles. The first-order valence-corrected chi connectivity index (χ1v) is 7.11. The molecular formula is C13H15N3O2S. The molecule has 0 saturated carbocycles. The zero-order chi connectivity index (χ0) is 14.0. The van der Waals surface area contributed by atoms with Crippen LogP contribution in [0, 0.1) is 6.92 Å². The minimum Gasteiger partial charge on any atom is -0.399 e. The molecule has 0 unspecified atom stereocenters. The van der Waals surface area contributed by atoms with E-state index >= 15 is 0 Å². The molecule has 0 atom stereocenters. The van der Waals surface area contributed by atoms with Gasteiger partial charge in [0.05, 0.1) is 16.8 Å². The molecule has 0 aliphatic carbocycles. The van der Waals surface area contributed by atoms with E-state index in [0.717, 1.165) is 5.56 Å². The van der Waals surface area contributed by atoms with E-state index < -0.39 is 10.0 Å². The van der Waals surface area contributed by atoms with Crippen LogP contribution in [-0.2, 0) is 10.0 Å². The van der Waals surface area contributed by atoms with Crippen molar-refractivity contribution < 1.29 is 8.42 Å². The van der Waals surface area contributed by atoms with Crippen LogP contribution in [0.3, 0.4) is 0 Å². The smallest absolute Gasteiger partial charge is 0.264 e. The van der Waals surface area contributed by atoms with E-state index in [-0.39, 0.29) is 4.90 Å². The fourth-order valence-corrected chi connectivity index (χ4v) is 3.08. The van der Waals surface area contributed by atoms with Crippen LogP contribution in [0.5, 0.6) is 0 Å². The number of hydrogen-bond donors (Lipinski definition) is 1. The van der Waals surface area contributed by atoms with E-state index in [1.54, 1.807) is 37.4 Å². The summed E-state index contributed by atoms with van der Waals surface area (Å²) in [7, 11) is -2.13. The molecule has 1 aromatic carbocycles. The Bertz CT molecular complexity index is 664. The van der Waals surface area contributed by atoms with Gasteiger partial charge in [-0.1, -0.05) is 0 Å². The Morgan fingerprint density at radius 1 is 1.26 bits per heavy atom. The number of nitrogens with two attached hydrogens (primary N) is 1. The molecule has 2 N–H and O–H groups in total. The lowest BCUT2D eigenvalue weighted by molar-refractivity contribution is 0.594. The van der Waals surface area contributed by atoms with E-state index in [0.29, 0.717) is 11.4 Å². The average Bonchev–Trinajstić information content (AvgIpc) is 2.37. The molecule has 0 saturated heterocycles. The molecule has 19 heavy (non-hydrogen) atoms. The van der Waals surface area contributed by atoms with Crippen LogP contribution >= 0.6 is 0 Å². The molecule has 0 spiro atoms. The number of anilines is 2. The van der Waals surface area contributed by atoms with Crippen molar-refractivity contribution in [3.8, 4) is 0 Å². The summed E-state index contributed by atoms with van der Waals surface area (Å²) in [4.78, 5) is 4.09. The maximum absolute atomic E-state index is 12.5. The Morgan fingerprint density at radius 2 is 2.00 bits per heavy atom. The molecular weight excluding hydrogens is 262 g/mol. The Labute approximate surface area is 112 Å². The highest BCUT2D eigenvalue weighted by molar-refractivity contribution is 7.92. The van der Waals surface area contributed by atoms with Crippen LogP contribution in [0.15, 0.2) is 47.6 Å². The summed E-state index contributed by atoms with van der Waals surface area (Å²) in [5.74, 6) is 0. The van der Waals surface area contributed by atoms with E-state index in [2.05, 4.69) is 4.98 Å². The number of nitrogen functional groups attached to an aromatic ring is 1. The largest absolute Gasteiger partial charge is 0.399 e. The Kier molecular flexibility index (Phi) is 3.44. The van der Waals surface area contributed by atoms with Crippen molar-refractivity contribution in [1.82, 2.24) is 4.98 Å². The summed E-state index contributed by atoms with van der Waals surface area (Å²) in [5.41, 5.74) is 7.43. The SMILES string of the molecule is Cc1cc(N)cc(S(=O)(=O)N(C)c2cccnc2)c1. The topological polar surface area (TPSA) is 76.3 Å². The first-order chi connectivity index (χ1) is 8.91. The number of sulfonamides is 1. The number of benzene rings is 1. The third kappa shape index (κ3) is 2.68. The Hall–Kier alpha value is -2.08. The Balaban J connectivity index is 2.48. The quantitative estimate of drug-likeness (QED) is 0.868. The summed E-state index contributed by atoms with van der Waals surface area (Å²) < 4.78 is 26.1. The molecule has 2 aromatic rings. The molecule has 100 valence electrons. The van der Waals surface area contributed by atoms with Crippen LogP contribution in [0.25, 0.3) is 0 Å². The molecule has 5 nitrogen and oxygen atoms in total. The third-order valence-corrected chi connectivity index (χ3v) is 4.50. The van der Waals surface area contributed by atoms with Crippen LogP contribution in [0.1, 0.15) is 5.56 Å². The molecule has 6 heteroatoms. The number of aromatic nitrogens is 1. The number of rotatable bonds is 3. The Morgan fingerprint density at radius 3 is 2.58 bits per heavy atom. The van der Waals surface area contributed by atoms with Crippen LogP contribution in [0.2, 0.25) is 0 Å². The zero-order valence-electron chi connectivity index (χ0n) is 10.7. The van der Waals surface area contributed by atoms with Gasteiger partial charge in [0, 0.05) is 18.9 Å². The lowest BCUT2D eigenvalue weighted by Gasteiger charge is -2.19. The van der Waals surface area contributed by atoms with Crippen molar-refractivity contribution in [2.45, 2.75) is 11.8 Å². The lowest BCUT2D eigenvalue weighted by Crippen LogP contribution is -2.26. The van der Waals surface area contributed by atoms with E-state index in [1.165, 1.54) is 23.6 Å². The summed E-state index contributed by atoms with van der Waals surface area (Å²) in [5, 5.41) is 0. The summed E-state index contributed by atoms with van der Waals surface area (Å²) in [6, 6.07) is 8.15. The molecule has 2 rings (SSSR count). The highest BCUT2D eigenvalue weighted by Crippen LogP contribution is 2.23. The number of nitrogens with zero attached hydrogens (tertiary/aromatic N) is 2. The van der Waals surface area contributed by atoms with Gasteiger partial charge in [0.2, 0.25) is 0 Å². The molecule has 0 fully saturated rings. The molecule has 0 radical (unpaired) electrons. The second kappa shape index (κ2) is 4.89. The van der Waals surface area contributed by atoms with Crippen molar-refractivity contribution >= 4 is 21.4 Å². The van der Waals surface area contributed by atoms with Gasteiger partial charge in [0.15, 0.2) is 0 Å². The summed E-state index contributed by atoms with van der Waals surface area (Å²) in [6.07, 6.45) is 3.09. The van der Waals surface area contributed by atoms with Gasteiger partial charge >= 0.3 is 0 Å². The van der Waals surface area contributed by atoms with Gasteiger partial charge in [-0.2, -0.15) is 0 Å². The van der Waals surface area contributed by atoms with Crippen LogP contribution in [0.4, 0.5) is 11.4 Å². The standard InChI is InChI=1S/C13H15N3O2S/c1-10-6-11(14)8-13(7-10)19(17,18)16(2)12-4-3-5-15-9-12/h3-9H,14H2,1-2H3. The summed E-state index contributed by atoms with van der Waals surface area (Å²) >= 11 is 0. The second-order valence-electron chi connectivity index (χ2n) is 4.26. The molecule has 0 aliphatic heterocycles. The zero-order valence-corrected chi connectivity index (χ0v) is 11.6. The van der Waals surface area contributed by atoms with Crippen molar-refractivity contribution in [3.05, 3.63) is 48.3 Å².